The van der Waals surface area contributed by atoms with Crippen LogP contribution in [0.4, 0.5) is 21.8 Å². The summed E-state index contributed by atoms with van der Waals surface area (Å²) in [7, 11) is 1.76. The predicted octanol–water partition coefficient (Wildman–Crippen LogP) is 4.52. The molecule has 0 saturated carbocycles. The molecule has 2 aromatic carbocycles. The van der Waals surface area contributed by atoms with Gasteiger partial charge < -0.3 is 19.5 Å². The lowest BCUT2D eigenvalue weighted by Crippen LogP contribution is -2.45. The Labute approximate surface area is 202 Å². The molecule has 0 aliphatic carbocycles. The second-order valence-electron chi connectivity index (χ2n) is 9.15. The van der Waals surface area contributed by atoms with Crippen molar-refractivity contribution < 1.29 is 13.7 Å². The van der Waals surface area contributed by atoms with E-state index in [-0.39, 0.29) is 11.2 Å². The molecule has 178 valence electrons. The van der Waals surface area contributed by atoms with E-state index in [1.54, 1.807) is 19.2 Å². The average Bonchev–Trinajstić information content (AvgIpc) is 3.21. The fourth-order valence-electron chi connectivity index (χ4n) is 4.95. The Morgan fingerprint density at radius 1 is 1.15 bits per heavy atom. The molecule has 0 radical (unpaired) electrons. The minimum absolute atomic E-state index is 0.0418. The van der Waals surface area contributed by atoms with Gasteiger partial charge in [-0.15, -0.1) is 0 Å². The summed E-state index contributed by atoms with van der Waals surface area (Å²) in [6, 6.07) is 15.0. The van der Waals surface area contributed by atoms with Crippen LogP contribution in [0.15, 0.2) is 53.4 Å². The van der Waals surface area contributed by atoms with Gasteiger partial charge in [0, 0.05) is 37.7 Å². The van der Waals surface area contributed by atoms with E-state index in [9.17, 15) is 8.94 Å². The van der Waals surface area contributed by atoms with E-state index in [0.717, 1.165) is 31.6 Å². The topological polar surface area (TPSA) is 73.3 Å². The molecule has 1 unspecified atom stereocenters. The lowest BCUT2D eigenvalue weighted by Gasteiger charge is -2.42. The molecule has 1 aromatic heterocycles. The summed E-state index contributed by atoms with van der Waals surface area (Å²) in [5, 5.41) is 3.19. The summed E-state index contributed by atoms with van der Waals surface area (Å²) in [6.07, 6.45) is 2.49. The van der Waals surface area contributed by atoms with Gasteiger partial charge in [-0.2, -0.15) is 4.98 Å². The fraction of sp³-hybridized carbons (Fsp3) is 0.385. The number of rotatable bonds is 6. The van der Waals surface area contributed by atoms with E-state index in [1.165, 1.54) is 23.3 Å². The highest BCUT2D eigenvalue weighted by Gasteiger charge is 2.38. The molecule has 0 bridgehead atoms. The summed E-state index contributed by atoms with van der Waals surface area (Å²) in [5.74, 6) is 1.34. The number of fused-ring (bicyclic) bond motifs is 1. The van der Waals surface area contributed by atoms with Crippen molar-refractivity contribution in [2.24, 2.45) is 0 Å². The zero-order valence-corrected chi connectivity index (χ0v) is 20.3. The summed E-state index contributed by atoms with van der Waals surface area (Å²) in [6.45, 7) is 4.35. The Morgan fingerprint density at radius 3 is 2.62 bits per heavy atom. The van der Waals surface area contributed by atoms with Crippen molar-refractivity contribution in [3.8, 4) is 0 Å². The van der Waals surface area contributed by atoms with Crippen LogP contribution in [0.2, 0.25) is 0 Å². The Balaban J connectivity index is 1.42. The molecule has 6 nitrogen and oxygen atoms in total. The third kappa shape index (κ3) is 4.50. The third-order valence-electron chi connectivity index (χ3n) is 6.85. The lowest BCUT2D eigenvalue weighted by atomic mass is 9.73. The molecule has 34 heavy (non-hydrogen) atoms. The smallest absolute Gasteiger partial charge is 0.227 e. The molecular formula is C26H29FN4O2S. The van der Waals surface area contributed by atoms with Gasteiger partial charge in [-0.3, -0.25) is 0 Å². The number of hydrogen-bond donors (Lipinski definition) is 1. The number of anilines is 3. The van der Waals surface area contributed by atoms with Crippen LogP contribution in [0.3, 0.4) is 0 Å². The molecule has 8 heteroatoms. The second-order valence-corrected chi connectivity index (χ2v) is 10.7. The normalized spacial score (nSPS) is 19.2. The predicted molar refractivity (Wildman–Crippen MR) is 133 cm³/mol. The number of halogens is 1. The van der Waals surface area contributed by atoms with Gasteiger partial charge in [0.1, 0.15) is 17.3 Å². The van der Waals surface area contributed by atoms with Crippen LogP contribution in [-0.2, 0) is 27.7 Å². The second kappa shape index (κ2) is 9.52. The number of benzene rings is 2. The highest BCUT2D eigenvalue weighted by Crippen LogP contribution is 2.39. The Morgan fingerprint density at radius 2 is 1.91 bits per heavy atom. The number of aryl methyl sites for hydroxylation is 2. The van der Waals surface area contributed by atoms with E-state index in [1.807, 2.05) is 0 Å². The van der Waals surface area contributed by atoms with Crippen molar-refractivity contribution in [2.45, 2.75) is 36.5 Å². The molecule has 1 saturated heterocycles. The molecular weight excluding hydrogens is 451 g/mol. The van der Waals surface area contributed by atoms with Gasteiger partial charge in [-0.1, -0.05) is 35.9 Å². The summed E-state index contributed by atoms with van der Waals surface area (Å²) < 4.78 is 32.0. The number of methoxy groups -OCH3 is 1. The first-order valence-electron chi connectivity index (χ1n) is 11.6. The number of piperidine rings is 1. The summed E-state index contributed by atoms with van der Waals surface area (Å²) in [4.78, 5) is 12.4. The van der Waals surface area contributed by atoms with Crippen molar-refractivity contribution in [2.75, 3.05) is 42.8 Å². The first kappa shape index (κ1) is 23.1. The van der Waals surface area contributed by atoms with Gasteiger partial charge in [0.15, 0.2) is 5.82 Å². The molecule has 3 aromatic rings. The van der Waals surface area contributed by atoms with E-state index in [0.29, 0.717) is 41.1 Å². The van der Waals surface area contributed by atoms with Gasteiger partial charge in [0.25, 0.3) is 0 Å². The van der Waals surface area contributed by atoms with Gasteiger partial charge in [0.05, 0.1) is 6.61 Å². The Hall–Kier alpha value is -2.68. The zero-order valence-electron chi connectivity index (χ0n) is 19.5. The van der Waals surface area contributed by atoms with Crippen molar-refractivity contribution in [1.29, 1.82) is 0 Å². The van der Waals surface area contributed by atoms with Crippen LogP contribution in [0.1, 0.15) is 29.7 Å². The van der Waals surface area contributed by atoms with Crippen LogP contribution < -0.4 is 10.2 Å². The maximum atomic E-state index is 13.7. The monoisotopic (exact) mass is 480 g/mol. The molecule has 0 spiro atoms. The summed E-state index contributed by atoms with van der Waals surface area (Å²) in [5.41, 5.74) is 3.90. The molecule has 1 N–H and O–H groups in total. The van der Waals surface area contributed by atoms with Crippen LogP contribution in [-0.4, -0.2) is 47.1 Å². The molecule has 2 aliphatic rings. The van der Waals surface area contributed by atoms with Crippen molar-refractivity contribution in [3.63, 3.8) is 0 Å². The van der Waals surface area contributed by atoms with Crippen molar-refractivity contribution >= 4 is 28.6 Å². The minimum atomic E-state index is -1.16. The number of nitrogens with zero attached hydrogens (tertiary/aromatic N) is 3. The maximum absolute atomic E-state index is 13.7. The quantitative estimate of drug-likeness (QED) is 0.523. The van der Waals surface area contributed by atoms with E-state index >= 15 is 0 Å². The number of aromatic nitrogens is 2. The molecule has 1 fully saturated rings. The molecule has 1 atom stereocenters. The first-order valence-corrected chi connectivity index (χ1v) is 12.9. The number of nitrogens with one attached hydrogen (secondary N) is 1. The highest BCUT2D eigenvalue weighted by atomic mass is 32.2. The fourth-order valence-corrected chi connectivity index (χ4v) is 6.25. The average molecular weight is 481 g/mol. The Bertz CT molecular complexity index is 1170. The van der Waals surface area contributed by atoms with Crippen molar-refractivity contribution in [3.05, 3.63) is 71.2 Å². The van der Waals surface area contributed by atoms with Crippen LogP contribution in [0, 0.1) is 12.7 Å². The standard InChI is InChI=1S/C26H29FN4O2S/c1-18-6-8-19(9-7-18)26(17-33-2)11-13-31(14-12-26)25-29-22-10-15-34(32)23(22)24(30-25)28-21-5-3-4-20(27)16-21/h3-9,16H,10-15,17H2,1-2H3,(H,28,29,30). The van der Waals surface area contributed by atoms with Crippen molar-refractivity contribution in [1.82, 2.24) is 9.97 Å². The molecule has 0 amide bonds. The highest BCUT2D eigenvalue weighted by molar-refractivity contribution is 7.91. The van der Waals surface area contributed by atoms with E-state index < -0.39 is 11.2 Å². The van der Waals surface area contributed by atoms with Crippen LogP contribution in [0.5, 0.6) is 0 Å². The van der Waals surface area contributed by atoms with Gasteiger partial charge in [-0.25, -0.2) is 9.37 Å². The summed E-state index contributed by atoms with van der Waals surface area (Å²) >= 11 is -1.16. The third-order valence-corrected chi connectivity index (χ3v) is 8.31. The minimum Gasteiger partial charge on any atom is -0.611 e. The zero-order chi connectivity index (χ0) is 23.7. The number of ether oxygens (including phenoxy) is 1. The van der Waals surface area contributed by atoms with Gasteiger partial charge >= 0.3 is 0 Å². The lowest BCUT2D eigenvalue weighted by molar-refractivity contribution is 0.112. The molecule has 2 aliphatic heterocycles. The van der Waals surface area contributed by atoms with E-state index in [4.69, 9.17) is 14.7 Å². The number of hydrogen-bond acceptors (Lipinski definition) is 6. The molecule has 5 rings (SSSR count). The Kier molecular flexibility index (Phi) is 6.46. The largest absolute Gasteiger partial charge is 0.611 e. The van der Waals surface area contributed by atoms with Crippen LogP contribution >= 0.6 is 0 Å². The maximum Gasteiger partial charge on any atom is 0.227 e. The van der Waals surface area contributed by atoms with Gasteiger partial charge in [0.2, 0.25) is 10.8 Å². The first-order chi connectivity index (χ1) is 16.5. The van der Waals surface area contributed by atoms with Gasteiger partial charge in [-0.05, 0) is 54.7 Å². The van der Waals surface area contributed by atoms with Crippen LogP contribution in [0.25, 0.3) is 0 Å². The molecule has 3 heterocycles. The SMILES string of the molecule is COCC1(c2ccc(C)cc2)CCN(c2nc3c(c(Nc4cccc(F)c4)n2)[S+]([O-])CC3)CC1. The van der Waals surface area contributed by atoms with E-state index in [2.05, 4.69) is 41.4 Å².